The molecule has 0 spiro atoms. The lowest BCUT2D eigenvalue weighted by atomic mass is 9.46. The van der Waals surface area contributed by atoms with Gasteiger partial charge in [-0.15, -0.1) is 0 Å². The van der Waals surface area contributed by atoms with Crippen LogP contribution in [0.3, 0.4) is 0 Å². The molecule has 3 aliphatic rings. The SMILES string of the molecule is C=C1CCC2C(C)(CO)C(O)CC[C@@]2(C)[C@@H]1C/C=C1/C(=O)OCC1C. The molecule has 6 atom stereocenters. The highest BCUT2D eigenvalue weighted by Crippen LogP contribution is 2.61. The van der Waals surface area contributed by atoms with E-state index in [9.17, 15) is 15.0 Å². The van der Waals surface area contributed by atoms with Gasteiger partial charge in [-0.25, -0.2) is 4.79 Å². The molecule has 1 heterocycles. The molecule has 4 unspecified atom stereocenters. The highest BCUT2D eigenvalue weighted by Gasteiger charge is 2.57. The van der Waals surface area contributed by atoms with Crippen LogP contribution >= 0.6 is 0 Å². The Kier molecular flexibility index (Phi) is 4.89. The number of ether oxygens (including phenoxy) is 1. The van der Waals surface area contributed by atoms with Crippen LogP contribution in [0.15, 0.2) is 23.8 Å². The largest absolute Gasteiger partial charge is 0.462 e. The molecule has 0 aromatic carbocycles. The summed E-state index contributed by atoms with van der Waals surface area (Å²) in [5, 5.41) is 20.6. The van der Waals surface area contributed by atoms with Crippen molar-refractivity contribution in [2.24, 2.45) is 28.6 Å². The quantitative estimate of drug-likeness (QED) is 0.467. The number of fused-ring (bicyclic) bond motifs is 1. The molecular weight excluding hydrogens is 316 g/mol. The molecule has 4 nitrogen and oxygen atoms in total. The van der Waals surface area contributed by atoms with Crippen LogP contribution in [0.5, 0.6) is 0 Å². The fourth-order valence-electron chi connectivity index (χ4n) is 5.74. The Morgan fingerprint density at radius 2 is 2.08 bits per heavy atom. The Labute approximate surface area is 151 Å². The van der Waals surface area contributed by atoms with Gasteiger partial charge >= 0.3 is 5.97 Å². The maximum absolute atomic E-state index is 11.9. The number of esters is 1. The Morgan fingerprint density at radius 3 is 2.68 bits per heavy atom. The lowest BCUT2D eigenvalue weighted by molar-refractivity contribution is -0.151. The molecule has 3 fully saturated rings. The highest BCUT2D eigenvalue weighted by molar-refractivity contribution is 5.90. The molecule has 25 heavy (non-hydrogen) atoms. The van der Waals surface area contributed by atoms with Gasteiger partial charge in [0.15, 0.2) is 0 Å². The van der Waals surface area contributed by atoms with Gasteiger partial charge in [-0.3, -0.25) is 0 Å². The minimum absolute atomic E-state index is 0.00511. The van der Waals surface area contributed by atoms with Crippen molar-refractivity contribution in [3.8, 4) is 0 Å². The zero-order chi connectivity index (χ0) is 18.4. The molecule has 2 aliphatic carbocycles. The van der Waals surface area contributed by atoms with Gasteiger partial charge < -0.3 is 14.9 Å². The maximum Gasteiger partial charge on any atom is 0.334 e. The second-order valence-electron chi connectivity index (χ2n) is 8.92. The van der Waals surface area contributed by atoms with Crippen LogP contribution in [0.25, 0.3) is 0 Å². The Bertz CT molecular complexity index is 595. The summed E-state index contributed by atoms with van der Waals surface area (Å²) in [5.41, 5.74) is 1.57. The minimum atomic E-state index is -0.460. The van der Waals surface area contributed by atoms with Crippen LogP contribution in [-0.2, 0) is 9.53 Å². The molecule has 0 bridgehead atoms. The van der Waals surface area contributed by atoms with Crippen molar-refractivity contribution in [3.05, 3.63) is 23.8 Å². The molecule has 0 amide bonds. The second-order valence-corrected chi connectivity index (χ2v) is 8.92. The van der Waals surface area contributed by atoms with Crippen molar-refractivity contribution < 1.29 is 19.7 Å². The molecule has 1 aliphatic heterocycles. The second kappa shape index (κ2) is 6.55. The lowest BCUT2D eigenvalue weighted by Gasteiger charge is -2.59. The Hall–Kier alpha value is -1.13. The average Bonchev–Trinajstić information content (AvgIpc) is 2.89. The van der Waals surface area contributed by atoms with Crippen molar-refractivity contribution in [1.29, 1.82) is 0 Å². The van der Waals surface area contributed by atoms with Crippen LogP contribution in [0.1, 0.15) is 52.9 Å². The number of rotatable bonds is 3. The van der Waals surface area contributed by atoms with Crippen molar-refractivity contribution in [3.63, 3.8) is 0 Å². The number of carbonyl (C=O) groups excluding carboxylic acids is 1. The first-order chi connectivity index (χ1) is 11.7. The normalized spacial score (nSPS) is 46.2. The third-order valence-electron chi connectivity index (χ3n) is 7.50. The number of aliphatic hydroxyl groups excluding tert-OH is 2. The molecule has 0 aromatic rings. The van der Waals surface area contributed by atoms with Crippen LogP contribution in [0.2, 0.25) is 0 Å². The smallest absolute Gasteiger partial charge is 0.334 e. The van der Waals surface area contributed by atoms with Crippen molar-refractivity contribution in [2.45, 2.75) is 59.0 Å². The van der Waals surface area contributed by atoms with Gasteiger partial charge in [0.25, 0.3) is 0 Å². The molecule has 140 valence electrons. The summed E-state index contributed by atoms with van der Waals surface area (Å²) in [6, 6.07) is 0. The fourth-order valence-corrected chi connectivity index (χ4v) is 5.74. The maximum atomic E-state index is 11.9. The molecule has 4 heteroatoms. The van der Waals surface area contributed by atoms with Gasteiger partial charge in [-0.2, -0.15) is 0 Å². The molecular formula is C21H32O4. The van der Waals surface area contributed by atoms with E-state index in [4.69, 9.17) is 4.74 Å². The van der Waals surface area contributed by atoms with Crippen LogP contribution < -0.4 is 0 Å². The van der Waals surface area contributed by atoms with E-state index in [0.717, 1.165) is 31.3 Å². The molecule has 0 radical (unpaired) electrons. The third-order valence-corrected chi connectivity index (χ3v) is 7.50. The topological polar surface area (TPSA) is 66.8 Å². The number of hydrogen-bond donors (Lipinski definition) is 2. The van der Waals surface area contributed by atoms with Gasteiger partial charge in [0, 0.05) is 16.9 Å². The zero-order valence-electron chi connectivity index (χ0n) is 15.8. The van der Waals surface area contributed by atoms with E-state index in [-0.39, 0.29) is 35.7 Å². The van der Waals surface area contributed by atoms with Crippen molar-refractivity contribution in [1.82, 2.24) is 0 Å². The fraction of sp³-hybridized carbons (Fsp3) is 0.762. The summed E-state index contributed by atoms with van der Waals surface area (Å²) in [4.78, 5) is 11.9. The van der Waals surface area contributed by atoms with E-state index in [1.165, 1.54) is 5.57 Å². The van der Waals surface area contributed by atoms with Gasteiger partial charge in [-0.05, 0) is 49.4 Å². The number of cyclic esters (lactones) is 1. The van der Waals surface area contributed by atoms with E-state index >= 15 is 0 Å². The summed E-state index contributed by atoms with van der Waals surface area (Å²) in [6.07, 6.45) is 5.93. The monoisotopic (exact) mass is 348 g/mol. The Balaban J connectivity index is 1.89. The average molecular weight is 348 g/mol. The standard InChI is InChI=1S/C21H32O4/c1-13-5-8-17-20(3,10-9-18(23)21(17,4)12-22)16(13)7-6-15-14(2)11-25-19(15)24/h6,14,16-18,22-23H,1,5,7-12H2,2-4H3/b15-6+/t14?,16-,17?,18?,20+,21?/m1/s1. The summed E-state index contributed by atoms with van der Waals surface area (Å²) < 4.78 is 5.15. The summed E-state index contributed by atoms with van der Waals surface area (Å²) in [5.74, 6) is 0.507. The molecule has 0 aromatic heterocycles. The molecule has 1 saturated heterocycles. The number of carbonyl (C=O) groups is 1. The predicted octanol–water partition coefficient (Wildman–Crippen LogP) is 3.24. The van der Waals surface area contributed by atoms with E-state index in [0.29, 0.717) is 13.0 Å². The highest BCUT2D eigenvalue weighted by atomic mass is 16.5. The van der Waals surface area contributed by atoms with Crippen LogP contribution in [0.4, 0.5) is 0 Å². The predicted molar refractivity (Wildman–Crippen MR) is 96.7 cm³/mol. The van der Waals surface area contributed by atoms with Crippen LogP contribution in [-0.4, -0.2) is 35.5 Å². The third kappa shape index (κ3) is 2.87. The van der Waals surface area contributed by atoms with Crippen molar-refractivity contribution >= 4 is 5.97 Å². The number of aliphatic hydroxyl groups is 2. The van der Waals surface area contributed by atoms with E-state index in [1.807, 2.05) is 13.8 Å². The van der Waals surface area contributed by atoms with Gasteiger partial charge in [0.1, 0.15) is 0 Å². The zero-order valence-corrected chi connectivity index (χ0v) is 15.8. The summed E-state index contributed by atoms with van der Waals surface area (Å²) in [7, 11) is 0. The molecule has 2 N–H and O–H groups in total. The van der Waals surface area contributed by atoms with E-state index < -0.39 is 11.5 Å². The van der Waals surface area contributed by atoms with Gasteiger partial charge in [0.2, 0.25) is 0 Å². The molecule has 2 saturated carbocycles. The first kappa shape index (κ1) is 18.7. The first-order valence-electron chi connectivity index (χ1n) is 9.57. The van der Waals surface area contributed by atoms with E-state index in [2.05, 4.69) is 19.6 Å². The van der Waals surface area contributed by atoms with Crippen LogP contribution in [0, 0.1) is 28.6 Å². The Morgan fingerprint density at radius 1 is 1.36 bits per heavy atom. The van der Waals surface area contributed by atoms with Gasteiger partial charge in [0.05, 0.1) is 19.3 Å². The lowest BCUT2D eigenvalue weighted by Crippen LogP contribution is -2.57. The molecule has 3 rings (SSSR count). The number of allylic oxidation sites excluding steroid dienone is 2. The van der Waals surface area contributed by atoms with Gasteiger partial charge in [-0.1, -0.05) is 39.0 Å². The summed E-state index contributed by atoms with van der Waals surface area (Å²) in [6.45, 7) is 11.2. The number of hydrogen-bond acceptors (Lipinski definition) is 4. The first-order valence-corrected chi connectivity index (χ1v) is 9.57. The summed E-state index contributed by atoms with van der Waals surface area (Å²) >= 11 is 0. The minimum Gasteiger partial charge on any atom is -0.462 e. The van der Waals surface area contributed by atoms with Crippen molar-refractivity contribution in [2.75, 3.05) is 13.2 Å². The van der Waals surface area contributed by atoms with E-state index in [1.54, 1.807) is 0 Å².